The Balaban J connectivity index is 1.31. The van der Waals surface area contributed by atoms with Gasteiger partial charge in [0, 0.05) is 17.7 Å². The van der Waals surface area contributed by atoms with E-state index in [0.717, 1.165) is 11.8 Å². The molecular formula is C22H33N6O10PS. The lowest BCUT2D eigenvalue weighted by Crippen LogP contribution is -2.47. The molecule has 2 aromatic rings. The molecule has 1 amide bonds. The van der Waals surface area contributed by atoms with Crippen LogP contribution in [0.3, 0.4) is 0 Å². The molecule has 222 valence electrons. The number of phosphoric ester groups is 1. The van der Waals surface area contributed by atoms with E-state index >= 15 is 0 Å². The summed E-state index contributed by atoms with van der Waals surface area (Å²) in [5.74, 6) is -0.464. The third-order valence-corrected chi connectivity index (χ3v) is 9.08. The zero-order valence-corrected chi connectivity index (χ0v) is 24.1. The SMILES string of the molecule is CCOC(=O)NCCC(C)(C)C(=O)SCCO[P@@]1(=O)OC[C@H]2O[C@@H](n3cnc4c(O)nc(N)nc43)[C@](C)(O)[C@@H]2O1. The van der Waals surface area contributed by atoms with Crippen molar-refractivity contribution < 1.29 is 47.4 Å². The van der Waals surface area contributed by atoms with E-state index in [1.807, 2.05) is 0 Å². The van der Waals surface area contributed by atoms with Gasteiger partial charge in [-0.1, -0.05) is 25.6 Å². The van der Waals surface area contributed by atoms with Crippen molar-refractivity contribution in [3.8, 4) is 5.88 Å². The van der Waals surface area contributed by atoms with Crippen LogP contribution in [0.15, 0.2) is 6.33 Å². The average Bonchev–Trinajstić information content (AvgIpc) is 3.39. The van der Waals surface area contributed by atoms with E-state index in [2.05, 4.69) is 20.3 Å². The topological polar surface area (TPSA) is 219 Å². The van der Waals surface area contributed by atoms with E-state index in [1.165, 1.54) is 17.8 Å². The highest BCUT2D eigenvalue weighted by Gasteiger charge is 2.60. The number of hydrogen-bond acceptors (Lipinski definition) is 15. The Bertz CT molecular complexity index is 1310. The number of carbonyl (C=O) groups is 2. The molecule has 0 aromatic carbocycles. The Hall–Kier alpha value is -2.53. The summed E-state index contributed by atoms with van der Waals surface area (Å²) in [6.07, 6.45) is -1.87. The lowest BCUT2D eigenvalue weighted by atomic mass is 9.91. The zero-order valence-electron chi connectivity index (χ0n) is 22.4. The van der Waals surface area contributed by atoms with Crippen molar-refractivity contribution in [1.29, 1.82) is 0 Å². The van der Waals surface area contributed by atoms with Crippen LogP contribution in [-0.2, 0) is 32.4 Å². The van der Waals surface area contributed by atoms with E-state index in [0.29, 0.717) is 6.42 Å². The van der Waals surface area contributed by atoms with E-state index in [1.54, 1.807) is 20.8 Å². The van der Waals surface area contributed by atoms with E-state index in [-0.39, 0.29) is 54.3 Å². The summed E-state index contributed by atoms with van der Waals surface area (Å²) >= 11 is 0.994. The van der Waals surface area contributed by atoms with E-state index < -0.39 is 49.2 Å². The minimum absolute atomic E-state index is 0.0557. The van der Waals surface area contributed by atoms with Gasteiger partial charge in [0.05, 0.1) is 26.1 Å². The molecule has 0 unspecified atom stereocenters. The number of aromatic nitrogens is 4. The molecule has 18 heteroatoms. The van der Waals surface area contributed by atoms with Crippen molar-refractivity contribution in [1.82, 2.24) is 24.8 Å². The number of aromatic hydroxyl groups is 1. The third kappa shape index (κ3) is 6.35. The van der Waals surface area contributed by atoms with Gasteiger partial charge in [-0.05, 0) is 20.3 Å². The number of nitrogens with zero attached hydrogens (tertiary/aromatic N) is 4. The molecule has 0 saturated carbocycles. The van der Waals surface area contributed by atoms with Crippen LogP contribution in [0.25, 0.3) is 11.2 Å². The highest BCUT2D eigenvalue weighted by molar-refractivity contribution is 8.13. The predicted molar refractivity (Wildman–Crippen MR) is 141 cm³/mol. The molecule has 4 heterocycles. The molecule has 5 N–H and O–H groups in total. The molecular weight excluding hydrogens is 571 g/mol. The fourth-order valence-corrected chi connectivity index (χ4v) is 6.71. The number of nitrogen functional groups attached to an aromatic ring is 1. The summed E-state index contributed by atoms with van der Waals surface area (Å²) in [5.41, 5.74) is 3.34. The molecule has 5 atom stereocenters. The van der Waals surface area contributed by atoms with Gasteiger partial charge in [-0.15, -0.1) is 0 Å². The van der Waals surface area contributed by atoms with Gasteiger partial charge >= 0.3 is 13.9 Å². The van der Waals surface area contributed by atoms with Crippen molar-refractivity contribution in [3.63, 3.8) is 0 Å². The molecule has 0 aliphatic carbocycles. The fourth-order valence-electron chi connectivity index (χ4n) is 4.27. The van der Waals surface area contributed by atoms with Gasteiger partial charge in [0.15, 0.2) is 22.5 Å². The number of carbonyl (C=O) groups excluding carboxylic acids is 2. The Morgan fingerprint density at radius 2 is 2.15 bits per heavy atom. The fraction of sp³-hybridized carbons (Fsp3) is 0.682. The molecule has 0 radical (unpaired) electrons. The molecule has 4 rings (SSSR count). The van der Waals surface area contributed by atoms with Crippen LogP contribution >= 0.6 is 19.6 Å². The van der Waals surface area contributed by atoms with Crippen LogP contribution in [0, 0.1) is 5.41 Å². The van der Waals surface area contributed by atoms with Gasteiger partial charge in [0.25, 0.3) is 0 Å². The van der Waals surface area contributed by atoms with Gasteiger partial charge in [-0.2, -0.15) is 9.97 Å². The Labute approximate surface area is 233 Å². The number of ether oxygens (including phenoxy) is 2. The van der Waals surface area contributed by atoms with Gasteiger partial charge in [0.2, 0.25) is 11.8 Å². The molecule has 16 nitrogen and oxygen atoms in total. The first-order valence-corrected chi connectivity index (χ1v) is 14.9. The summed E-state index contributed by atoms with van der Waals surface area (Å²) in [6, 6.07) is 0. The molecule has 2 saturated heterocycles. The number of hydrogen-bond donors (Lipinski definition) is 4. The second kappa shape index (κ2) is 11.8. The molecule has 0 bridgehead atoms. The number of alkyl carbamates (subject to hydrolysis) is 1. The van der Waals surface area contributed by atoms with Crippen molar-refractivity contribution in [2.75, 3.05) is 37.9 Å². The summed E-state index contributed by atoms with van der Waals surface area (Å²) < 4.78 is 41.7. The second-order valence-electron chi connectivity index (χ2n) is 10.0. The Morgan fingerprint density at radius 3 is 2.88 bits per heavy atom. The first-order valence-electron chi connectivity index (χ1n) is 12.5. The minimum atomic E-state index is -4.10. The van der Waals surface area contributed by atoms with E-state index in [4.69, 9.17) is 28.8 Å². The molecule has 40 heavy (non-hydrogen) atoms. The van der Waals surface area contributed by atoms with Crippen LogP contribution in [-0.4, -0.2) is 90.9 Å². The lowest BCUT2D eigenvalue weighted by Gasteiger charge is -2.35. The predicted octanol–water partition coefficient (Wildman–Crippen LogP) is 1.72. The van der Waals surface area contributed by atoms with Crippen LogP contribution in [0.1, 0.15) is 40.3 Å². The van der Waals surface area contributed by atoms with Crippen molar-refractivity contribution >= 4 is 47.9 Å². The monoisotopic (exact) mass is 604 g/mol. The number of anilines is 1. The maximum absolute atomic E-state index is 13.2. The van der Waals surface area contributed by atoms with Gasteiger partial charge in [-0.25, -0.2) is 14.3 Å². The Kier molecular flexibility index (Phi) is 8.94. The van der Waals surface area contributed by atoms with Crippen molar-refractivity contribution in [3.05, 3.63) is 6.33 Å². The number of rotatable bonds is 10. The van der Waals surface area contributed by atoms with E-state index in [9.17, 15) is 24.4 Å². The summed E-state index contributed by atoms with van der Waals surface area (Å²) in [5, 5.41) is 23.8. The van der Waals surface area contributed by atoms with Gasteiger partial charge in [0.1, 0.15) is 17.8 Å². The van der Waals surface area contributed by atoms with Crippen molar-refractivity contribution in [2.24, 2.45) is 5.41 Å². The quantitative estimate of drug-likeness (QED) is 0.224. The maximum atomic E-state index is 13.2. The van der Waals surface area contributed by atoms with Gasteiger partial charge < -0.3 is 30.7 Å². The summed E-state index contributed by atoms with van der Waals surface area (Å²) in [4.78, 5) is 35.9. The minimum Gasteiger partial charge on any atom is -0.492 e. The number of nitrogens with one attached hydrogen (secondary N) is 1. The zero-order chi connectivity index (χ0) is 29.3. The lowest BCUT2D eigenvalue weighted by molar-refractivity contribution is -0.118. The second-order valence-corrected chi connectivity index (χ2v) is 12.7. The highest BCUT2D eigenvalue weighted by Crippen LogP contribution is 2.58. The number of aliphatic hydroxyl groups is 1. The third-order valence-electron chi connectivity index (χ3n) is 6.44. The van der Waals surface area contributed by atoms with Crippen molar-refractivity contribution in [2.45, 2.75) is 58.2 Å². The number of imidazole rings is 1. The number of phosphoric acid groups is 1. The van der Waals surface area contributed by atoms with Crippen LogP contribution in [0.4, 0.5) is 10.7 Å². The smallest absolute Gasteiger partial charge is 0.475 e. The van der Waals surface area contributed by atoms with Gasteiger partial charge in [-0.3, -0.25) is 22.9 Å². The molecule has 2 aliphatic heterocycles. The standard InChI is InChI=1S/C22H33N6O10PS/c1-5-34-20(31)24-7-6-21(2,3)18(30)40-9-8-35-39(33)36-10-12-14(38-39)22(4,32)17(37-12)28-11-25-13-15(28)26-19(23)27-16(13)29/h11-12,14,17,32H,5-10H2,1-4H3,(H,24,31)(H3,23,26,27,29)/t12-,14-,17-,22-,39+/m1/s1. The Morgan fingerprint density at radius 1 is 1.40 bits per heavy atom. The van der Waals surface area contributed by atoms with Crippen LogP contribution in [0.2, 0.25) is 0 Å². The van der Waals surface area contributed by atoms with Crippen LogP contribution < -0.4 is 11.1 Å². The summed E-state index contributed by atoms with van der Waals surface area (Å²) in [7, 11) is -4.10. The number of nitrogens with two attached hydrogens (primary N) is 1. The molecule has 0 spiro atoms. The average molecular weight is 605 g/mol. The molecule has 2 aliphatic rings. The highest BCUT2D eigenvalue weighted by atomic mass is 32.2. The number of amides is 1. The summed E-state index contributed by atoms with van der Waals surface area (Å²) in [6.45, 7) is 6.85. The number of fused-ring (bicyclic) bond motifs is 2. The normalized spacial score (nSPS) is 28.4. The number of thioether (sulfide) groups is 1. The maximum Gasteiger partial charge on any atom is 0.475 e. The molecule has 2 aromatic heterocycles. The molecule has 2 fully saturated rings. The largest absolute Gasteiger partial charge is 0.492 e. The first kappa shape index (κ1) is 30.4. The first-order chi connectivity index (χ1) is 18.8. The van der Waals surface area contributed by atoms with Crippen LogP contribution in [0.5, 0.6) is 5.88 Å².